The molecule has 146 valence electrons. The number of alkyl halides is 3. The van der Waals surface area contributed by atoms with Gasteiger partial charge in [-0.2, -0.15) is 13.2 Å². The number of aromatic nitrogens is 2. The molecule has 2 aromatic carbocycles. The van der Waals surface area contributed by atoms with E-state index in [0.717, 1.165) is 16.7 Å². The van der Waals surface area contributed by atoms with Gasteiger partial charge in [-0.05, 0) is 35.9 Å². The Morgan fingerprint density at radius 3 is 2.46 bits per heavy atom. The van der Waals surface area contributed by atoms with Crippen LogP contribution in [0.15, 0.2) is 42.5 Å². The average molecular weight is 433 g/mol. The highest BCUT2D eigenvalue weighted by atomic mass is 35.5. The van der Waals surface area contributed by atoms with Gasteiger partial charge in [0.2, 0.25) is 0 Å². The fourth-order valence-electron chi connectivity index (χ4n) is 2.70. The van der Waals surface area contributed by atoms with Crippen molar-refractivity contribution in [3.8, 4) is 11.4 Å². The van der Waals surface area contributed by atoms with Crippen LogP contribution in [0, 0.1) is 5.82 Å². The van der Waals surface area contributed by atoms with Crippen molar-refractivity contribution in [3.05, 3.63) is 75.3 Å². The molecule has 3 aromatic rings. The van der Waals surface area contributed by atoms with Gasteiger partial charge in [0.05, 0.1) is 6.54 Å². The fraction of sp³-hybridized carbons (Fsp3) is 0.111. The van der Waals surface area contributed by atoms with Crippen molar-refractivity contribution >= 4 is 29.2 Å². The number of carbonyl (C=O) groups is 1. The summed E-state index contributed by atoms with van der Waals surface area (Å²) in [7, 11) is 0. The van der Waals surface area contributed by atoms with Crippen molar-refractivity contribution in [3.63, 3.8) is 0 Å². The minimum absolute atomic E-state index is 0.0175. The maximum absolute atomic E-state index is 13.6. The molecule has 4 nitrogen and oxygen atoms in total. The summed E-state index contributed by atoms with van der Waals surface area (Å²) in [6.07, 6.45) is -5.03. The smallest absolute Gasteiger partial charge is 0.435 e. The molecule has 28 heavy (non-hydrogen) atoms. The second-order valence-electron chi connectivity index (χ2n) is 5.77. The van der Waals surface area contributed by atoms with Crippen LogP contribution in [0.3, 0.4) is 0 Å². The third kappa shape index (κ3) is 3.98. The molecule has 0 aliphatic rings. The Hall–Kier alpha value is -2.58. The van der Waals surface area contributed by atoms with E-state index >= 15 is 0 Å². The first-order valence-corrected chi connectivity index (χ1v) is 8.44. The van der Waals surface area contributed by atoms with Crippen LogP contribution in [0.5, 0.6) is 0 Å². The van der Waals surface area contributed by atoms with Crippen LogP contribution in [-0.2, 0) is 12.7 Å². The van der Waals surface area contributed by atoms with Gasteiger partial charge in [-0.1, -0.05) is 35.3 Å². The topological polar surface area (TPSA) is 55.1 Å². The van der Waals surface area contributed by atoms with Crippen molar-refractivity contribution in [2.45, 2.75) is 12.7 Å². The van der Waals surface area contributed by atoms with E-state index in [4.69, 9.17) is 23.2 Å². The minimum Gasteiger partial charge on any atom is -0.477 e. The number of rotatable bonds is 4. The summed E-state index contributed by atoms with van der Waals surface area (Å²) >= 11 is 12.0. The molecule has 0 aliphatic carbocycles. The number of imidazole rings is 1. The summed E-state index contributed by atoms with van der Waals surface area (Å²) in [6.45, 7) is -0.365. The first-order valence-electron chi connectivity index (χ1n) is 7.69. The molecule has 1 aromatic heterocycles. The predicted molar refractivity (Wildman–Crippen MR) is 95.1 cm³/mol. The first kappa shape index (κ1) is 20.2. The van der Waals surface area contributed by atoms with Crippen LogP contribution in [0.25, 0.3) is 11.4 Å². The van der Waals surface area contributed by atoms with E-state index in [-0.39, 0.29) is 33.5 Å². The molecule has 10 heteroatoms. The van der Waals surface area contributed by atoms with Gasteiger partial charge in [0.1, 0.15) is 11.6 Å². The third-order valence-corrected chi connectivity index (χ3v) is 4.46. The molecule has 0 fully saturated rings. The standard InChI is InChI=1S/C18H10Cl2F4N2O2/c19-11-4-5-13(20)10(6-11)8-26-14(17(27)28)15(18(22,23)24)25-16(26)9-2-1-3-12(21)7-9/h1-7H,8H2,(H,27,28). The molecule has 0 amide bonds. The lowest BCUT2D eigenvalue weighted by Crippen LogP contribution is -2.17. The summed E-state index contributed by atoms with van der Waals surface area (Å²) < 4.78 is 54.7. The number of hydrogen-bond donors (Lipinski definition) is 1. The molecule has 0 radical (unpaired) electrons. The lowest BCUT2D eigenvalue weighted by Gasteiger charge is -2.13. The molecule has 3 rings (SSSR count). The Morgan fingerprint density at radius 2 is 1.86 bits per heavy atom. The highest BCUT2D eigenvalue weighted by Crippen LogP contribution is 2.36. The summed E-state index contributed by atoms with van der Waals surface area (Å²) in [5, 5.41) is 9.87. The van der Waals surface area contributed by atoms with Gasteiger partial charge in [0, 0.05) is 15.6 Å². The van der Waals surface area contributed by atoms with E-state index in [1.54, 1.807) is 0 Å². The molecule has 1 heterocycles. The van der Waals surface area contributed by atoms with E-state index in [1.165, 1.54) is 30.3 Å². The maximum Gasteiger partial charge on any atom is 0.435 e. The summed E-state index contributed by atoms with van der Waals surface area (Å²) in [5.41, 5.74) is -2.41. The number of carboxylic acids is 1. The summed E-state index contributed by atoms with van der Waals surface area (Å²) in [6, 6.07) is 8.99. The van der Waals surface area contributed by atoms with Crippen molar-refractivity contribution in [2.24, 2.45) is 0 Å². The van der Waals surface area contributed by atoms with Crippen molar-refractivity contribution < 1.29 is 27.5 Å². The quantitative estimate of drug-likeness (QED) is 0.533. The highest BCUT2D eigenvalue weighted by molar-refractivity contribution is 6.33. The molecular weight excluding hydrogens is 423 g/mol. The highest BCUT2D eigenvalue weighted by Gasteiger charge is 2.41. The zero-order valence-electron chi connectivity index (χ0n) is 13.8. The normalized spacial score (nSPS) is 11.6. The van der Waals surface area contributed by atoms with Gasteiger partial charge in [-0.15, -0.1) is 0 Å². The van der Waals surface area contributed by atoms with Gasteiger partial charge in [0.25, 0.3) is 0 Å². The van der Waals surface area contributed by atoms with Crippen LogP contribution in [0.4, 0.5) is 17.6 Å². The number of aromatic carboxylic acids is 1. The van der Waals surface area contributed by atoms with Crippen LogP contribution < -0.4 is 0 Å². The lowest BCUT2D eigenvalue weighted by atomic mass is 10.2. The lowest BCUT2D eigenvalue weighted by molar-refractivity contribution is -0.141. The van der Waals surface area contributed by atoms with Gasteiger partial charge in [-0.25, -0.2) is 14.2 Å². The largest absolute Gasteiger partial charge is 0.477 e. The van der Waals surface area contributed by atoms with Crippen LogP contribution in [0.1, 0.15) is 21.7 Å². The Bertz CT molecular complexity index is 1060. The van der Waals surface area contributed by atoms with E-state index < -0.39 is 29.4 Å². The van der Waals surface area contributed by atoms with Gasteiger partial charge < -0.3 is 9.67 Å². The maximum atomic E-state index is 13.6. The molecule has 0 atom stereocenters. The van der Waals surface area contributed by atoms with E-state index in [2.05, 4.69) is 4.98 Å². The van der Waals surface area contributed by atoms with Crippen LogP contribution >= 0.6 is 23.2 Å². The van der Waals surface area contributed by atoms with Crippen molar-refractivity contribution in [2.75, 3.05) is 0 Å². The second-order valence-corrected chi connectivity index (χ2v) is 6.61. The number of benzene rings is 2. The Labute approximate surface area is 166 Å². The number of nitrogens with zero attached hydrogens (tertiary/aromatic N) is 2. The zero-order valence-corrected chi connectivity index (χ0v) is 15.3. The van der Waals surface area contributed by atoms with Gasteiger partial charge in [0.15, 0.2) is 11.4 Å². The summed E-state index contributed by atoms with van der Waals surface area (Å²) in [5.74, 6) is -2.90. The molecular formula is C18H10Cl2F4N2O2. The second kappa shape index (κ2) is 7.44. The first-order chi connectivity index (χ1) is 13.1. The molecule has 1 N–H and O–H groups in total. The third-order valence-electron chi connectivity index (χ3n) is 3.86. The monoisotopic (exact) mass is 432 g/mol. The SMILES string of the molecule is O=C(O)c1c(C(F)(F)F)nc(-c2cccc(F)c2)n1Cc1cc(Cl)ccc1Cl. The van der Waals surface area contributed by atoms with E-state index in [0.29, 0.717) is 0 Å². The van der Waals surface area contributed by atoms with Crippen LogP contribution in [-0.4, -0.2) is 20.6 Å². The van der Waals surface area contributed by atoms with Gasteiger partial charge >= 0.3 is 12.1 Å². The molecule has 0 spiro atoms. The Balaban J connectivity index is 2.29. The molecule has 0 bridgehead atoms. The number of halogens is 6. The van der Waals surface area contributed by atoms with E-state index in [1.807, 2.05) is 0 Å². The van der Waals surface area contributed by atoms with Crippen molar-refractivity contribution in [1.29, 1.82) is 0 Å². The Kier molecular flexibility index (Phi) is 5.36. The van der Waals surface area contributed by atoms with E-state index in [9.17, 15) is 27.5 Å². The number of hydrogen-bond acceptors (Lipinski definition) is 2. The molecule has 0 saturated heterocycles. The average Bonchev–Trinajstić information content (AvgIpc) is 2.98. The van der Waals surface area contributed by atoms with Crippen molar-refractivity contribution in [1.82, 2.24) is 9.55 Å². The predicted octanol–water partition coefficient (Wildman–Crippen LogP) is 5.76. The number of carboxylic acid groups (broad SMARTS) is 1. The van der Waals surface area contributed by atoms with Gasteiger partial charge in [-0.3, -0.25) is 0 Å². The minimum atomic E-state index is -5.03. The molecule has 0 unspecified atom stereocenters. The Morgan fingerprint density at radius 1 is 1.14 bits per heavy atom. The fourth-order valence-corrected chi connectivity index (χ4v) is 3.08. The zero-order chi connectivity index (χ0) is 20.6. The summed E-state index contributed by atoms with van der Waals surface area (Å²) in [4.78, 5) is 15.1. The van der Waals surface area contributed by atoms with Crippen LogP contribution in [0.2, 0.25) is 10.0 Å². The molecule has 0 saturated carbocycles. The molecule has 0 aliphatic heterocycles.